The zero-order valence-electron chi connectivity index (χ0n) is 20.3. The minimum atomic E-state index is -0.484. The van der Waals surface area contributed by atoms with Gasteiger partial charge in [0.1, 0.15) is 0 Å². The lowest BCUT2D eigenvalue weighted by Gasteiger charge is -2.39. The molecule has 2 N–H and O–H groups in total. The topological polar surface area (TPSA) is 82.0 Å². The number of amides is 1. The third-order valence-electron chi connectivity index (χ3n) is 6.47. The Morgan fingerprint density at radius 1 is 1.17 bits per heavy atom. The van der Waals surface area contributed by atoms with Crippen LogP contribution in [0, 0.1) is 30.6 Å². The lowest BCUT2D eigenvalue weighted by Crippen LogP contribution is -2.37. The SMILES string of the molecule is Cc1ccc(NC(=O)CSC2=C(C#N)[C@H](c3ccc(Cl)cc3)C3=C(CC(C)(C)CC3=O)N2)cc1C. The molecule has 180 valence electrons. The van der Waals surface area contributed by atoms with Gasteiger partial charge in [-0.15, -0.1) is 0 Å². The van der Waals surface area contributed by atoms with E-state index in [-0.39, 0.29) is 22.9 Å². The molecular weight excluding hydrogens is 478 g/mol. The maximum Gasteiger partial charge on any atom is 0.234 e. The minimum Gasteiger partial charge on any atom is -0.352 e. The van der Waals surface area contributed by atoms with Crippen molar-refractivity contribution in [1.29, 1.82) is 5.26 Å². The Morgan fingerprint density at radius 2 is 1.89 bits per heavy atom. The van der Waals surface area contributed by atoms with Crippen molar-refractivity contribution in [3.63, 3.8) is 0 Å². The first kappa shape index (κ1) is 25.1. The minimum absolute atomic E-state index is 0.0491. The summed E-state index contributed by atoms with van der Waals surface area (Å²) in [6.07, 6.45) is 1.12. The molecule has 0 aromatic heterocycles. The molecule has 0 saturated heterocycles. The number of thioether (sulfide) groups is 1. The van der Waals surface area contributed by atoms with Crippen molar-refractivity contribution < 1.29 is 9.59 Å². The van der Waals surface area contributed by atoms with Gasteiger partial charge < -0.3 is 10.6 Å². The summed E-state index contributed by atoms with van der Waals surface area (Å²) < 4.78 is 0. The Labute approximate surface area is 215 Å². The highest BCUT2D eigenvalue weighted by Crippen LogP contribution is 2.47. The maximum absolute atomic E-state index is 13.3. The molecule has 2 aromatic rings. The molecule has 0 spiro atoms. The van der Waals surface area contributed by atoms with E-state index in [1.54, 1.807) is 12.1 Å². The van der Waals surface area contributed by atoms with Gasteiger partial charge in [0.2, 0.25) is 5.91 Å². The summed E-state index contributed by atoms with van der Waals surface area (Å²) in [5, 5.41) is 17.7. The number of hydrogen-bond acceptors (Lipinski definition) is 5. The molecule has 0 fully saturated rings. The Balaban J connectivity index is 1.63. The lowest BCUT2D eigenvalue weighted by molar-refractivity contribution is -0.118. The van der Waals surface area contributed by atoms with E-state index >= 15 is 0 Å². The number of nitrogens with one attached hydrogen (secondary N) is 2. The van der Waals surface area contributed by atoms with Gasteiger partial charge in [0.05, 0.1) is 28.3 Å². The van der Waals surface area contributed by atoms with Gasteiger partial charge in [-0.1, -0.05) is 55.4 Å². The van der Waals surface area contributed by atoms with Crippen LogP contribution in [-0.4, -0.2) is 17.4 Å². The van der Waals surface area contributed by atoms with E-state index in [0.29, 0.717) is 34.0 Å². The van der Waals surface area contributed by atoms with Crippen LogP contribution in [0.4, 0.5) is 5.69 Å². The summed E-state index contributed by atoms with van der Waals surface area (Å²) in [4.78, 5) is 26.0. The molecule has 7 heteroatoms. The number of Topliss-reactive ketones (excluding diaryl/α,β-unsaturated/α-hetero) is 1. The Hall–Kier alpha value is -3.01. The van der Waals surface area contributed by atoms with Gasteiger partial charge in [0.25, 0.3) is 0 Å². The first-order chi connectivity index (χ1) is 16.6. The van der Waals surface area contributed by atoms with Crippen LogP contribution in [0.1, 0.15) is 49.3 Å². The van der Waals surface area contributed by atoms with E-state index in [0.717, 1.165) is 28.1 Å². The number of hydrogen-bond donors (Lipinski definition) is 2. The number of nitrogens with zero attached hydrogens (tertiary/aromatic N) is 1. The van der Waals surface area contributed by atoms with Gasteiger partial charge in [0, 0.05) is 28.4 Å². The summed E-state index contributed by atoms with van der Waals surface area (Å²) in [5.74, 6) is -0.462. The first-order valence-electron chi connectivity index (χ1n) is 11.5. The molecule has 1 atom stereocenters. The molecule has 0 saturated carbocycles. The molecule has 1 heterocycles. The summed E-state index contributed by atoms with van der Waals surface area (Å²) in [6, 6.07) is 15.4. The van der Waals surface area contributed by atoms with Crippen LogP contribution in [0.2, 0.25) is 5.02 Å². The van der Waals surface area contributed by atoms with Crippen molar-refractivity contribution in [2.24, 2.45) is 5.41 Å². The largest absolute Gasteiger partial charge is 0.352 e. The van der Waals surface area contributed by atoms with E-state index in [2.05, 4.69) is 30.6 Å². The maximum atomic E-state index is 13.3. The smallest absolute Gasteiger partial charge is 0.234 e. The van der Waals surface area contributed by atoms with Crippen LogP contribution in [0.5, 0.6) is 0 Å². The second kappa shape index (κ2) is 9.93. The van der Waals surface area contributed by atoms with Gasteiger partial charge in [0.15, 0.2) is 5.78 Å². The van der Waals surface area contributed by atoms with Gasteiger partial charge in [-0.05, 0) is 66.6 Å². The number of carbonyl (C=O) groups excluding carboxylic acids is 2. The van der Waals surface area contributed by atoms with Crippen molar-refractivity contribution >= 4 is 40.7 Å². The van der Waals surface area contributed by atoms with Gasteiger partial charge >= 0.3 is 0 Å². The second-order valence-corrected chi connectivity index (χ2v) is 11.4. The molecule has 1 aliphatic carbocycles. The van der Waals surface area contributed by atoms with E-state index < -0.39 is 5.92 Å². The normalized spacial score (nSPS) is 19.1. The quantitative estimate of drug-likeness (QED) is 0.491. The van der Waals surface area contributed by atoms with Crippen molar-refractivity contribution in [3.05, 3.63) is 86.0 Å². The number of carbonyl (C=O) groups is 2. The highest BCUT2D eigenvalue weighted by atomic mass is 35.5. The summed E-state index contributed by atoms with van der Waals surface area (Å²) in [6.45, 7) is 8.17. The van der Waals surface area contributed by atoms with Crippen LogP contribution < -0.4 is 10.6 Å². The molecule has 2 aliphatic rings. The Kier molecular flexibility index (Phi) is 7.12. The van der Waals surface area contributed by atoms with Gasteiger partial charge in [-0.25, -0.2) is 0 Å². The standard InChI is InChI=1S/C28H28ClN3O2S/c1-16-5-10-20(11-17(16)2)31-24(34)15-35-27-21(14-30)25(18-6-8-19(29)9-7-18)26-22(32-27)12-28(3,4)13-23(26)33/h5-11,25,32H,12-13,15H2,1-4H3,(H,31,34)/t25-/m0/s1. The van der Waals surface area contributed by atoms with Crippen LogP contribution in [-0.2, 0) is 9.59 Å². The average Bonchev–Trinajstić information content (AvgIpc) is 2.79. The number of halogens is 1. The number of anilines is 1. The number of ketones is 1. The monoisotopic (exact) mass is 505 g/mol. The molecule has 0 radical (unpaired) electrons. The first-order valence-corrected chi connectivity index (χ1v) is 12.9. The number of nitriles is 1. The zero-order chi connectivity index (χ0) is 25.3. The van der Waals surface area contributed by atoms with Crippen LogP contribution in [0.25, 0.3) is 0 Å². The Morgan fingerprint density at radius 3 is 2.54 bits per heavy atom. The van der Waals surface area contributed by atoms with Gasteiger partial charge in [-0.2, -0.15) is 5.26 Å². The fourth-order valence-corrected chi connectivity index (χ4v) is 5.62. The van der Waals surface area contributed by atoms with Crippen LogP contribution >= 0.6 is 23.4 Å². The average molecular weight is 506 g/mol. The lowest BCUT2D eigenvalue weighted by atomic mass is 9.69. The summed E-state index contributed by atoms with van der Waals surface area (Å²) in [5.41, 5.74) is 5.59. The van der Waals surface area contributed by atoms with Crippen molar-refractivity contribution in [2.75, 3.05) is 11.1 Å². The van der Waals surface area contributed by atoms with Crippen molar-refractivity contribution in [2.45, 2.75) is 46.5 Å². The Bertz CT molecular complexity index is 1300. The highest BCUT2D eigenvalue weighted by Gasteiger charge is 2.41. The predicted molar refractivity (Wildman–Crippen MR) is 142 cm³/mol. The fourth-order valence-electron chi connectivity index (χ4n) is 4.63. The molecule has 1 aliphatic heterocycles. The second-order valence-electron chi connectivity index (χ2n) is 9.93. The number of allylic oxidation sites excluding steroid dienone is 3. The summed E-state index contributed by atoms with van der Waals surface area (Å²) in [7, 11) is 0. The number of rotatable bonds is 5. The molecule has 35 heavy (non-hydrogen) atoms. The fraction of sp³-hybridized carbons (Fsp3) is 0.321. The van der Waals surface area contributed by atoms with Crippen LogP contribution in [0.3, 0.4) is 0 Å². The summed E-state index contributed by atoms with van der Waals surface area (Å²) >= 11 is 7.39. The molecule has 5 nitrogen and oxygen atoms in total. The molecule has 1 amide bonds. The third kappa shape index (κ3) is 5.47. The number of aryl methyl sites for hydroxylation is 2. The molecule has 0 unspecified atom stereocenters. The highest BCUT2D eigenvalue weighted by molar-refractivity contribution is 8.03. The molecule has 0 bridgehead atoms. The predicted octanol–water partition coefficient (Wildman–Crippen LogP) is 6.39. The van der Waals surface area contributed by atoms with E-state index in [9.17, 15) is 14.9 Å². The van der Waals surface area contributed by atoms with Crippen molar-refractivity contribution in [3.8, 4) is 6.07 Å². The molecule has 4 rings (SSSR count). The third-order valence-corrected chi connectivity index (χ3v) is 7.74. The van der Waals surface area contributed by atoms with E-state index in [4.69, 9.17) is 11.6 Å². The van der Waals surface area contributed by atoms with Crippen molar-refractivity contribution in [1.82, 2.24) is 5.32 Å². The van der Waals surface area contributed by atoms with Crippen LogP contribution in [0.15, 0.2) is 64.3 Å². The van der Waals surface area contributed by atoms with E-state index in [1.165, 1.54) is 11.8 Å². The molecular formula is C28H28ClN3O2S. The zero-order valence-corrected chi connectivity index (χ0v) is 21.9. The van der Waals surface area contributed by atoms with E-state index in [1.807, 2.05) is 44.2 Å². The number of benzene rings is 2. The van der Waals surface area contributed by atoms with Gasteiger partial charge in [-0.3, -0.25) is 9.59 Å². The number of dihydropyridines is 1. The molecule has 2 aromatic carbocycles.